The van der Waals surface area contributed by atoms with Crippen molar-refractivity contribution in [1.82, 2.24) is 15.6 Å². The summed E-state index contributed by atoms with van der Waals surface area (Å²) in [5.41, 5.74) is 7.10. The van der Waals surface area contributed by atoms with Crippen molar-refractivity contribution in [2.45, 2.75) is 19.3 Å². The Morgan fingerprint density at radius 3 is 3.12 bits per heavy atom. The van der Waals surface area contributed by atoms with Crippen molar-refractivity contribution in [1.29, 1.82) is 0 Å². The van der Waals surface area contributed by atoms with E-state index in [1.54, 1.807) is 0 Å². The predicted octanol–water partition coefficient (Wildman–Crippen LogP) is 1.96. The maximum atomic E-state index is 11.2. The Morgan fingerprint density at radius 1 is 1.47 bits per heavy atom. The number of hydrogen-bond acceptors (Lipinski definition) is 4. The minimum Gasteiger partial charge on any atom is -0.308 e. The first-order chi connectivity index (χ1) is 8.27. The minimum absolute atomic E-state index is 0.0921. The second kappa shape index (κ2) is 5.54. The van der Waals surface area contributed by atoms with Gasteiger partial charge in [0, 0.05) is 6.20 Å². The van der Waals surface area contributed by atoms with Crippen molar-refractivity contribution in [2.75, 3.05) is 5.43 Å². The van der Waals surface area contributed by atoms with E-state index in [4.69, 9.17) is 11.6 Å². The summed E-state index contributed by atoms with van der Waals surface area (Å²) in [6, 6.07) is 0. The zero-order valence-electron chi connectivity index (χ0n) is 9.16. The van der Waals surface area contributed by atoms with Crippen LogP contribution >= 0.6 is 11.6 Å². The Kier molecular flexibility index (Phi) is 3.82. The molecule has 0 aliphatic heterocycles. The molecule has 1 aromatic heterocycles. The fourth-order valence-electron chi connectivity index (χ4n) is 1.54. The summed E-state index contributed by atoms with van der Waals surface area (Å²) >= 11 is 5.80. The number of hydrazine groups is 1. The fourth-order valence-corrected chi connectivity index (χ4v) is 1.68. The summed E-state index contributed by atoms with van der Waals surface area (Å²) in [6.07, 6.45) is 10.7. The van der Waals surface area contributed by atoms with Crippen LogP contribution in [0.1, 0.15) is 19.3 Å². The van der Waals surface area contributed by atoms with E-state index in [0.717, 1.165) is 19.3 Å². The van der Waals surface area contributed by atoms with Crippen LogP contribution in [0.3, 0.4) is 0 Å². The van der Waals surface area contributed by atoms with Gasteiger partial charge < -0.3 is 5.43 Å². The van der Waals surface area contributed by atoms with Gasteiger partial charge in [-0.3, -0.25) is 10.2 Å². The van der Waals surface area contributed by atoms with E-state index >= 15 is 0 Å². The molecule has 0 spiro atoms. The Hall–Kier alpha value is -1.75. The number of nitrogens with zero attached hydrogens (tertiary/aromatic N) is 1. The van der Waals surface area contributed by atoms with Gasteiger partial charge in [-0.15, -0.1) is 0 Å². The zero-order chi connectivity index (χ0) is 12.1. The molecule has 0 fully saturated rings. The normalized spacial score (nSPS) is 17.1. The predicted molar refractivity (Wildman–Crippen MR) is 67.7 cm³/mol. The topological polar surface area (TPSA) is 69.8 Å². The molecule has 3 N–H and O–H groups in total. The number of rotatable bonds is 3. The molecule has 90 valence electrons. The number of hydrogen-bond donors (Lipinski definition) is 3. The standard InChI is InChI=1S/C11H13ClN4O/c12-10-9(7-14-16-11(10)17)15-13-6-8-4-2-1-3-5-8/h1-2,6-7,13H,3-5H2,(H2,15,16,17)/b8-6+. The van der Waals surface area contributed by atoms with Crippen molar-refractivity contribution in [3.05, 3.63) is 45.5 Å². The third-order valence-corrected chi connectivity index (χ3v) is 2.83. The summed E-state index contributed by atoms with van der Waals surface area (Å²) in [4.78, 5) is 11.2. The lowest BCUT2D eigenvalue weighted by molar-refractivity contribution is 0.870. The average Bonchev–Trinajstić information content (AvgIpc) is 2.36. The van der Waals surface area contributed by atoms with Crippen LogP contribution in [-0.2, 0) is 0 Å². The van der Waals surface area contributed by atoms with Crippen molar-refractivity contribution >= 4 is 17.3 Å². The van der Waals surface area contributed by atoms with Gasteiger partial charge >= 0.3 is 0 Å². The van der Waals surface area contributed by atoms with E-state index in [9.17, 15) is 4.79 Å². The van der Waals surface area contributed by atoms with Crippen molar-refractivity contribution in [3.63, 3.8) is 0 Å². The second-order valence-electron chi connectivity index (χ2n) is 3.71. The summed E-state index contributed by atoms with van der Waals surface area (Å²) in [5.74, 6) is 0. The van der Waals surface area contributed by atoms with Crippen molar-refractivity contribution in [3.8, 4) is 0 Å². The van der Waals surface area contributed by atoms with Crippen LogP contribution in [0.15, 0.2) is 34.9 Å². The van der Waals surface area contributed by atoms with Crippen LogP contribution in [0.5, 0.6) is 0 Å². The van der Waals surface area contributed by atoms with Crippen LogP contribution in [0.2, 0.25) is 5.02 Å². The monoisotopic (exact) mass is 252 g/mol. The van der Waals surface area contributed by atoms with Crippen LogP contribution in [0, 0.1) is 0 Å². The van der Waals surface area contributed by atoms with Gasteiger partial charge in [-0.05, 0) is 24.8 Å². The Labute approximate surface area is 104 Å². The van der Waals surface area contributed by atoms with Gasteiger partial charge in [-0.1, -0.05) is 23.8 Å². The molecule has 0 atom stereocenters. The number of aromatic nitrogens is 2. The molecule has 2 rings (SSSR count). The Balaban J connectivity index is 1.96. The molecular weight excluding hydrogens is 240 g/mol. The summed E-state index contributed by atoms with van der Waals surface area (Å²) in [5, 5.41) is 6.00. The van der Waals surface area contributed by atoms with Crippen LogP contribution in [0.4, 0.5) is 5.69 Å². The minimum atomic E-state index is -0.410. The highest BCUT2D eigenvalue weighted by molar-refractivity contribution is 6.32. The van der Waals surface area contributed by atoms with E-state index < -0.39 is 5.56 Å². The molecule has 0 saturated carbocycles. The molecule has 1 aromatic rings. The molecule has 6 heteroatoms. The van der Waals surface area contributed by atoms with Gasteiger partial charge in [0.2, 0.25) is 0 Å². The first-order valence-electron chi connectivity index (χ1n) is 5.35. The Morgan fingerprint density at radius 2 is 2.35 bits per heavy atom. The molecule has 0 amide bonds. The Bertz CT molecular complexity index is 506. The van der Waals surface area contributed by atoms with Crippen LogP contribution < -0.4 is 16.4 Å². The molecule has 1 heterocycles. The number of nitrogens with one attached hydrogen (secondary N) is 3. The first-order valence-corrected chi connectivity index (χ1v) is 5.73. The zero-order valence-corrected chi connectivity index (χ0v) is 9.92. The average molecular weight is 253 g/mol. The quantitative estimate of drug-likeness (QED) is 0.568. The summed E-state index contributed by atoms with van der Waals surface area (Å²) in [7, 11) is 0. The molecule has 0 bridgehead atoms. The number of allylic oxidation sites excluding steroid dienone is 3. The van der Waals surface area contributed by atoms with Gasteiger partial charge in [0.15, 0.2) is 0 Å². The lowest BCUT2D eigenvalue weighted by atomic mass is 10.0. The molecule has 0 aromatic carbocycles. The molecule has 1 aliphatic rings. The SMILES string of the molecule is O=c1[nH]ncc(NN/C=C2\CC=CCC2)c1Cl. The van der Waals surface area contributed by atoms with Gasteiger partial charge in [-0.25, -0.2) is 5.10 Å². The molecule has 17 heavy (non-hydrogen) atoms. The highest BCUT2D eigenvalue weighted by Gasteiger charge is 2.03. The lowest BCUT2D eigenvalue weighted by Crippen LogP contribution is -2.19. The molecule has 1 aliphatic carbocycles. The van der Waals surface area contributed by atoms with Crippen LogP contribution in [0.25, 0.3) is 0 Å². The summed E-state index contributed by atoms with van der Waals surface area (Å²) in [6.45, 7) is 0. The van der Waals surface area contributed by atoms with E-state index in [1.165, 1.54) is 11.8 Å². The highest BCUT2D eigenvalue weighted by Crippen LogP contribution is 2.16. The number of anilines is 1. The summed E-state index contributed by atoms with van der Waals surface area (Å²) < 4.78 is 0. The largest absolute Gasteiger partial charge is 0.308 e. The third-order valence-electron chi connectivity index (χ3n) is 2.46. The van der Waals surface area contributed by atoms with Crippen LogP contribution in [-0.4, -0.2) is 10.2 Å². The number of H-pyrrole nitrogens is 1. The van der Waals surface area contributed by atoms with E-state index in [2.05, 4.69) is 33.2 Å². The maximum Gasteiger partial charge on any atom is 0.285 e. The molecule has 0 unspecified atom stereocenters. The van der Waals surface area contributed by atoms with Gasteiger partial charge in [0.25, 0.3) is 5.56 Å². The molecule has 5 nitrogen and oxygen atoms in total. The first kappa shape index (κ1) is 11.7. The van der Waals surface area contributed by atoms with E-state index in [0.29, 0.717) is 5.69 Å². The lowest BCUT2D eigenvalue weighted by Gasteiger charge is -2.11. The van der Waals surface area contributed by atoms with Gasteiger partial charge in [0.1, 0.15) is 5.02 Å². The number of halogens is 1. The van der Waals surface area contributed by atoms with Gasteiger partial charge in [-0.2, -0.15) is 5.10 Å². The fraction of sp³-hybridized carbons (Fsp3) is 0.273. The maximum absolute atomic E-state index is 11.2. The molecule has 0 radical (unpaired) electrons. The van der Waals surface area contributed by atoms with Gasteiger partial charge in [0.05, 0.1) is 11.9 Å². The van der Waals surface area contributed by atoms with E-state index in [-0.39, 0.29) is 5.02 Å². The van der Waals surface area contributed by atoms with Crippen molar-refractivity contribution in [2.24, 2.45) is 0 Å². The smallest absolute Gasteiger partial charge is 0.285 e. The number of aromatic amines is 1. The van der Waals surface area contributed by atoms with Crippen molar-refractivity contribution < 1.29 is 0 Å². The molecular formula is C11H13ClN4O. The molecule has 0 saturated heterocycles. The third kappa shape index (κ3) is 3.10. The highest BCUT2D eigenvalue weighted by atomic mass is 35.5. The second-order valence-corrected chi connectivity index (χ2v) is 4.09. The van der Waals surface area contributed by atoms with E-state index in [1.807, 2.05) is 6.20 Å².